The maximum Gasteiger partial charge on any atom is 0.175 e. The summed E-state index contributed by atoms with van der Waals surface area (Å²) in [4.78, 5) is 2.07. The van der Waals surface area contributed by atoms with Crippen LogP contribution in [0, 0.1) is 0 Å². The number of fused-ring (bicyclic) bond motifs is 1. The second-order valence-corrected chi connectivity index (χ2v) is 3.85. The van der Waals surface area contributed by atoms with Crippen LogP contribution in [0.5, 0.6) is 0 Å². The third kappa shape index (κ3) is 1.46. The molecule has 13 heavy (non-hydrogen) atoms. The molecule has 0 amide bonds. The minimum atomic E-state index is 0.446. The highest BCUT2D eigenvalue weighted by atomic mass is 35.5. The Labute approximate surface area is 86.7 Å². The van der Waals surface area contributed by atoms with Crippen molar-refractivity contribution in [2.45, 2.75) is 12.8 Å². The van der Waals surface area contributed by atoms with Gasteiger partial charge < -0.3 is 4.90 Å². The molecule has 2 rings (SSSR count). The highest BCUT2D eigenvalue weighted by Gasteiger charge is 2.21. The molecular formula is C8H9Cl2N3. The molecule has 0 fully saturated rings. The van der Waals surface area contributed by atoms with Gasteiger partial charge in [0, 0.05) is 19.2 Å². The number of rotatable bonds is 0. The Balaban J connectivity index is 2.60. The quantitative estimate of drug-likeness (QED) is 0.668. The predicted octanol–water partition coefficient (Wildman–Crippen LogP) is 2.17. The average molecular weight is 218 g/mol. The number of anilines is 1. The van der Waals surface area contributed by atoms with Crippen molar-refractivity contribution in [3.05, 3.63) is 15.9 Å². The summed E-state index contributed by atoms with van der Waals surface area (Å²) in [5, 5.41) is 8.49. The van der Waals surface area contributed by atoms with E-state index in [-0.39, 0.29) is 0 Å². The van der Waals surface area contributed by atoms with E-state index in [4.69, 9.17) is 23.2 Å². The lowest BCUT2D eigenvalue weighted by Crippen LogP contribution is -2.26. The number of hydrogen-bond acceptors (Lipinski definition) is 3. The molecule has 1 aromatic rings. The first-order chi connectivity index (χ1) is 6.20. The van der Waals surface area contributed by atoms with Gasteiger partial charge in [-0.15, -0.1) is 10.2 Å². The fraction of sp³-hybridized carbons (Fsp3) is 0.500. The van der Waals surface area contributed by atoms with Crippen LogP contribution in [-0.2, 0) is 6.42 Å². The maximum atomic E-state index is 5.94. The first kappa shape index (κ1) is 9.03. The molecule has 0 radical (unpaired) electrons. The lowest BCUT2D eigenvalue weighted by molar-refractivity contribution is 0.732. The van der Waals surface area contributed by atoms with Crippen LogP contribution in [-0.4, -0.2) is 23.8 Å². The molecule has 0 atom stereocenters. The van der Waals surface area contributed by atoms with E-state index in [1.54, 1.807) is 0 Å². The zero-order valence-corrected chi connectivity index (χ0v) is 8.73. The first-order valence-electron chi connectivity index (χ1n) is 4.12. The Morgan fingerprint density at radius 2 is 1.92 bits per heavy atom. The molecule has 0 unspecified atom stereocenters. The third-order valence-corrected chi connectivity index (χ3v) is 2.82. The van der Waals surface area contributed by atoms with Gasteiger partial charge in [-0.2, -0.15) is 0 Å². The molecule has 0 saturated heterocycles. The summed E-state index contributed by atoms with van der Waals surface area (Å²) in [5.74, 6) is 0. The molecule has 0 bridgehead atoms. The molecule has 0 spiro atoms. The van der Waals surface area contributed by atoms with Crippen molar-refractivity contribution < 1.29 is 0 Å². The lowest BCUT2D eigenvalue weighted by atomic mass is 10.1. The molecule has 0 aromatic carbocycles. The van der Waals surface area contributed by atoms with E-state index in [9.17, 15) is 0 Å². The molecule has 0 N–H and O–H groups in total. The topological polar surface area (TPSA) is 29.0 Å². The second-order valence-electron chi connectivity index (χ2n) is 3.13. The molecular weight excluding hydrogens is 209 g/mol. The van der Waals surface area contributed by atoms with Gasteiger partial charge in [-0.25, -0.2) is 0 Å². The van der Waals surface area contributed by atoms with E-state index < -0.39 is 0 Å². The lowest BCUT2D eigenvalue weighted by Gasteiger charge is -2.27. The van der Waals surface area contributed by atoms with Gasteiger partial charge in [0.25, 0.3) is 0 Å². The van der Waals surface area contributed by atoms with E-state index in [1.807, 2.05) is 7.05 Å². The van der Waals surface area contributed by atoms with Crippen LogP contribution >= 0.6 is 23.2 Å². The number of halogens is 2. The number of hydrogen-bond donors (Lipinski definition) is 0. The second kappa shape index (κ2) is 3.31. The maximum absolute atomic E-state index is 5.94. The zero-order valence-electron chi connectivity index (χ0n) is 7.22. The van der Waals surface area contributed by atoms with Crippen molar-refractivity contribution in [2.24, 2.45) is 0 Å². The Morgan fingerprint density at radius 3 is 2.62 bits per heavy atom. The molecule has 1 aliphatic heterocycles. The summed E-state index contributed by atoms with van der Waals surface area (Å²) in [6.45, 7) is 0.995. The molecule has 0 saturated carbocycles. The zero-order chi connectivity index (χ0) is 9.42. The van der Waals surface area contributed by atoms with Crippen LogP contribution in [0.2, 0.25) is 10.3 Å². The average Bonchev–Trinajstić information content (AvgIpc) is 2.12. The van der Waals surface area contributed by atoms with Gasteiger partial charge in [-0.05, 0) is 12.8 Å². The Bertz CT molecular complexity index is 340. The van der Waals surface area contributed by atoms with E-state index in [0.29, 0.717) is 10.3 Å². The molecule has 1 aliphatic rings. The van der Waals surface area contributed by atoms with Crippen molar-refractivity contribution >= 4 is 28.9 Å². The number of nitrogens with zero attached hydrogens (tertiary/aromatic N) is 3. The van der Waals surface area contributed by atoms with Crippen molar-refractivity contribution in [3.63, 3.8) is 0 Å². The summed E-state index contributed by atoms with van der Waals surface area (Å²) in [7, 11) is 1.99. The Hall–Kier alpha value is -0.540. The smallest absolute Gasteiger partial charge is 0.175 e. The number of aromatic nitrogens is 2. The summed E-state index contributed by atoms with van der Waals surface area (Å²) in [6.07, 6.45) is 2.03. The van der Waals surface area contributed by atoms with Gasteiger partial charge in [0.2, 0.25) is 0 Å². The molecule has 0 aliphatic carbocycles. The molecule has 70 valence electrons. The van der Waals surface area contributed by atoms with Gasteiger partial charge in [0.05, 0.1) is 5.69 Å². The third-order valence-electron chi connectivity index (χ3n) is 2.26. The largest absolute Gasteiger partial charge is 0.372 e. The van der Waals surface area contributed by atoms with Crippen molar-refractivity contribution in [2.75, 3.05) is 18.5 Å². The van der Waals surface area contributed by atoms with Crippen LogP contribution in [0.1, 0.15) is 12.0 Å². The minimum absolute atomic E-state index is 0.446. The van der Waals surface area contributed by atoms with Gasteiger partial charge in [-0.3, -0.25) is 0 Å². The van der Waals surface area contributed by atoms with Gasteiger partial charge >= 0.3 is 0 Å². The van der Waals surface area contributed by atoms with Gasteiger partial charge in [0.1, 0.15) is 0 Å². The molecule has 1 aromatic heterocycles. The van der Waals surface area contributed by atoms with Gasteiger partial charge in [0.15, 0.2) is 10.3 Å². The van der Waals surface area contributed by atoms with Crippen LogP contribution < -0.4 is 4.90 Å². The van der Waals surface area contributed by atoms with E-state index >= 15 is 0 Å². The molecule has 2 heterocycles. The fourth-order valence-electron chi connectivity index (χ4n) is 1.63. The van der Waals surface area contributed by atoms with E-state index in [1.165, 1.54) is 0 Å². The van der Waals surface area contributed by atoms with Crippen LogP contribution in [0.3, 0.4) is 0 Å². The minimum Gasteiger partial charge on any atom is -0.372 e. The SMILES string of the molecule is CN1CCCc2c(Cl)nnc(Cl)c21. The highest BCUT2D eigenvalue weighted by molar-refractivity contribution is 6.34. The summed E-state index contributed by atoms with van der Waals surface area (Å²) in [5.41, 5.74) is 1.96. The van der Waals surface area contributed by atoms with Crippen LogP contribution in [0.4, 0.5) is 5.69 Å². The van der Waals surface area contributed by atoms with Crippen LogP contribution in [0.15, 0.2) is 0 Å². The normalized spacial score (nSPS) is 15.8. The fourth-order valence-corrected chi connectivity index (χ4v) is 2.15. The predicted molar refractivity (Wildman–Crippen MR) is 53.6 cm³/mol. The van der Waals surface area contributed by atoms with E-state index in [2.05, 4.69) is 15.1 Å². The highest BCUT2D eigenvalue weighted by Crippen LogP contribution is 2.34. The molecule has 3 nitrogen and oxygen atoms in total. The standard InChI is InChI=1S/C8H9Cl2N3/c1-13-4-2-3-5-6(13)8(10)12-11-7(5)9/h2-4H2,1H3. The molecule has 5 heteroatoms. The van der Waals surface area contributed by atoms with Crippen molar-refractivity contribution in [1.82, 2.24) is 10.2 Å². The van der Waals surface area contributed by atoms with Crippen molar-refractivity contribution in [1.29, 1.82) is 0 Å². The Kier molecular flexibility index (Phi) is 2.30. The van der Waals surface area contributed by atoms with Crippen molar-refractivity contribution in [3.8, 4) is 0 Å². The first-order valence-corrected chi connectivity index (χ1v) is 4.87. The van der Waals surface area contributed by atoms with Crippen LogP contribution in [0.25, 0.3) is 0 Å². The summed E-state index contributed by atoms with van der Waals surface area (Å²) < 4.78 is 0. The van der Waals surface area contributed by atoms with E-state index in [0.717, 1.165) is 30.6 Å². The van der Waals surface area contributed by atoms with Gasteiger partial charge in [-0.1, -0.05) is 23.2 Å². The summed E-state index contributed by atoms with van der Waals surface area (Å²) >= 11 is 11.9. The monoisotopic (exact) mass is 217 g/mol. The summed E-state index contributed by atoms with van der Waals surface area (Å²) in [6, 6.07) is 0. The Morgan fingerprint density at radius 1 is 1.23 bits per heavy atom.